The lowest BCUT2D eigenvalue weighted by Gasteiger charge is -2.48. The Bertz CT molecular complexity index is 1250. The number of Topliss-reactive ketones (excluding diaryl/α,β-unsaturated/α-hetero) is 2. The molecule has 4 rings (SSSR count). The zero-order chi connectivity index (χ0) is 27.9. The second-order valence-corrected chi connectivity index (χ2v) is 10.4. The highest BCUT2D eigenvalue weighted by Gasteiger charge is 2.63. The summed E-state index contributed by atoms with van der Waals surface area (Å²) in [6, 6.07) is 2.86. The topological polar surface area (TPSA) is 188 Å². The number of primary amides is 1. The number of fused-ring (bicyclic) bond motifs is 3. The van der Waals surface area contributed by atoms with Crippen LogP contribution < -0.4 is 5.73 Å². The summed E-state index contributed by atoms with van der Waals surface area (Å²) in [7, 11) is 3.83. The number of phenolic OH excluding ortho intramolecular Hbond substituents is 1. The van der Waals surface area contributed by atoms with E-state index >= 15 is 0 Å². The summed E-state index contributed by atoms with van der Waals surface area (Å²) in [5.41, 5.74) is 3.35. The Morgan fingerprint density at radius 3 is 2.58 bits per heavy atom. The zero-order valence-corrected chi connectivity index (χ0v) is 21.2. The molecule has 3 aliphatic rings. The molecule has 38 heavy (non-hydrogen) atoms. The minimum Gasteiger partial charge on any atom is -0.507 e. The molecule has 3 aliphatic carbocycles. The summed E-state index contributed by atoms with van der Waals surface area (Å²) >= 11 is 0. The Balaban J connectivity index is 1.66. The van der Waals surface area contributed by atoms with E-state index in [9.17, 15) is 39.6 Å². The van der Waals surface area contributed by atoms with Crippen LogP contribution in [-0.4, -0.2) is 87.7 Å². The van der Waals surface area contributed by atoms with Gasteiger partial charge in [-0.3, -0.25) is 14.4 Å². The number of esters is 1. The van der Waals surface area contributed by atoms with E-state index in [1.54, 1.807) is 6.07 Å². The van der Waals surface area contributed by atoms with E-state index < -0.39 is 58.7 Å². The molecule has 11 heteroatoms. The Morgan fingerprint density at radius 2 is 1.92 bits per heavy atom. The smallest absolute Gasteiger partial charge is 0.330 e. The van der Waals surface area contributed by atoms with Crippen molar-refractivity contribution in [3.63, 3.8) is 0 Å². The van der Waals surface area contributed by atoms with Gasteiger partial charge in [-0.2, -0.15) is 0 Å². The van der Waals surface area contributed by atoms with Gasteiger partial charge in [0.2, 0.25) is 11.7 Å². The van der Waals surface area contributed by atoms with Crippen molar-refractivity contribution in [2.75, 3.05) is 27.2 Å². The van der Waals surface area contributed by atoms with Crippen molar-refractivity contribution < 1.29 is 44.3 Å². The summed E-state index contributed by atoms with van der Waals surface area (Å²) in [6.45, 7) is 1.01. The monoisotopic (exact) mass is 528 g/mol. The lowest BCUT2D eigenvalue weighted by atomic mass is 9.56. The van der Waals surface area contributed by atoms with Crippen LogP contribution in [0.1, 0.15) is 36.0 Å². The van der Waals surface area contributed by atoms with Crippen LogP contribution in [0.2, 0.25) is 0 Å². The fourth-order valence-electron chi connectivity index (χ4n) is 5.86. The minimum absolute atomic E-state index is 0.0390. The highest BCUT2D eigenvalue weighted by Crippen LogP contribution is 2.51. The molecule has 6 N–H and O–H groups in total. The van der Waals surface area contributed by atoms with Gasteiger partial charge in [0.1, 0.15) is 17.4 Å². The number of hydrogen-bond donors (Lipinski definition) is 5. The van der Waals surface area contributed by atoms with E-state index in [1.807, 2.05) is 19.0 Å². The molecule has 0 heterocycles. The summed E-state index contributed by atoms with van der Waals surface area (Å²) < 4.78 is 5.20. The van der Waals surface area contributed by atoms with Crippen LogP contribution in [-0.2, 0) is 30.3 Å². The van der Waals surface area contributed by atoms with E-state index in [4.69, 9.17) is 10.5 Å². The number of phenols is 1. The number of carbonyl (C=O) groups excluding carboxylic acids is 4. The molecule has 2 fully saturated rings. The molecule has 0 aromatic heterocycles. The van der Waals surface area contributed by atoms with Crippen LogP contribution >= 0.6 is 0 Å². The Kier molecular flexibility index (Phi) is 7.46. The number of ketones is 2. The normalized spacial score (nSPS) is 28.8. The standard InChI is InChI=1S/C27H32N2O9/c1-29(2)8-3-9-38-19(32)7-5-13-4-6-17(30)21-16(13)11-14-10-15-12-18(31)22(26(28)36)25(35)27(15,37)24(34)20(14)23(21)33/h4-7,14-15,18,22,30-31,33,37H,3,8-12H2,1-2H3,(H2,28,36)/b7-5+/t14-,15+,18?,22?,27+/m1/s1. The third kappa shape index (κ3) is 4.61. The molecule has 0 saturated heterocycles. The van der Waals surface area contributed by atoms with E-state index in [1.165, 1.54) is 18.2 Å². The van der Waals surface area contributed by atoms with Crippen LogP contribution in [0.5, 0.6) is 5.75 Å². The molecule has 2 unspecified atom stereocenters. The first-order chi connectivity index (χ1) is 17.9. The molecule has 1 amide bonds. The van der Waals surface area contributed by atoms with Crippen LogP contribution in [0.3, 0.4) is 0 Å². The summed E-state index contributed by atoms with van der Waals surface area (Å²) in [4.78, 5) is 52.5. The van der Waals surface area contributed by atoms with Crippen LogP contribution in [0.25, 0.3) is 11.8 Å². The molecule has 0 aliphatic heterocycles. The Labute approximate surface area is 219 Å². The van der Waals surface area contributed by atoms with Gasteiger partial charge in [0.05, 0.1) is 18.3 Å². The molecule has 0 spiro atoms. The second kappa shape index (κ2) is 10.3. The van der Waals surface area contributed by atoms with Gasteiger partial charge in [-0.05, 0) is 69.0 Å². The van der Waals surface area contributed by atoms with Crippen molar-refractivity contribution in [2.24, 2.45) is 23.5 Å². The van der Waals surface area contributed by atoms with Gasteiger partial charge in [-0.1, -0.05) is 6.07 Å². The van der Waals surface area contributed by atoms with Crippen molar-refractivity contribution in [1.29, 1.82) is 0 Å². The van der Waals surface area contributed by atoms with Gasteiger partial charge in [0.25, 0.3) is 0 Å². The predicted molar refractivity (Wildman–Crippen MR) is 134 cm³/mol. The quantitative estimate of drug-likeness (QED) is 0.140. The Hall–Kier alpha value is -3.54. The lowest BCUT2D eigenvalue weighted by molar-refractivity contribution is -0.174. The third-order valence-electron chi connectivity index (χ3n) is 7.70. The molecule has 0 radical (unpaired) electrons. The minimum atomic E-state index is -2.63. The van der Waals surface area contributed by atoms with E-state index in [-0.39, 0.29) is 42.8 Å². The highest BCUT2D eigenvalue weighted by atomic mass is 16.5. The van der Waals surface area contributed by atoms with Crippen molar-refractivity contribution in [3.8, 4) is 5.75 Å². The highest BCUT2D eigenvalue weighted by molar-refractivity contribution is 6.24. The largest absolute Gasteiger partial charge is 0.507 e. The van der Waals surface area contributed by atoms with Crippen molar-refractivity contribution in [2.45, 2.75) is 37.4 Å². The number of aromatic hydroxyl groups is 1. The molecule has 1 aromatic rings. The fourth-order valence-corrected chi connectivity index (χ4v) is 5.86. The number of carbonyl (C=O) groups is 4. The number of amides is 1. The van der Waals surface area contributed by atoms with Gasteiger partial charge in [-0.25, -0.2) is 4.79 Å². The van der Waals surface area contributed by atoms with Gasteiger partial charge in [-0.15, -0.1) is 0 Å². The Morgan fingerprint density at radius 1 is 1.21 bits per heavy atom. The molecular weight excluding hydrogens is 496 g/mol. The number of ether oxygens (including phenoxy) is 1. The average molecular weight is 529 g/mol. The maximum atomic E-state index is 13.5. The van der Waals surface area contributed by atoms with Gasteiger partial charge >= 0.3 is 5.97 Å². The van der Waals surface area contributed by atoms with E-state index in [2.05, 4.69) is 0 Å². The van der Waals surface area contributed by atoms with Crippen molar-refractivity contribution in [3.05, 3.63) is 40.5 Å². The van der Waals surface area contributed by atoms with Gasteiger partial charge in [0, 0.05) is 24.1 Å². The first-order valence-electron chi connectivity index (χ1n) is 12.4. The SMILES string of the molecule is CN(C)CCCOC(=O)/C=C/c1ccc(O)c2c1C[C@H]1C[C@H]3CC(O)C(C(N)=O)C(=O)[C@@]3(O)C(=O)C1=C2O. The molecule has 1 aromatic carbocycles. The first kappa shape index (κ1) is 27.5. The average Bonchev–Trinajstić information content (AvgIpc) is 2.83. The summed E-state index contributed by atoms with van der Waals surface area (Å²) in [5, 5.41) is 43.3. The van der Waals surface area contributed by atoms with Gasteiger partial charge in [0.15, 0.2) is 11.4 Å². The van der Waals surface area contributed by atoms with Crippen molar-refractivity contribution >= 4 is 35.3 Å². The summed E-state index contributed by atoms with van der Waals surface area (Å²) in [5.74, 6) is -8.25. The fraction of sp³-hybridized carbons (Fsp3) is 0.481. The number of nitrogens with two attached hydrogens (primary N) is 1. The predicted octanol–water partition coefficient (Wildman–Crippen LogP) is 0.0970. The third-order valence-corrected chi connectivity index (χ3v) is 7.70. The number of aliphatic hydroxyl groups excluding tert-OH is 2. The van der Waals surface area contributed by atoms with Crippen LogP contribution in [0.4, 0.5) is 0 Å². The van der Waals surface area contributed by atoms with Gasteiger partial charge < -0.3 is 35.8 Å². The molecule has 11 nitrogen and oxygen atoms in total. The molecule has 5 atom stereocenters. The molecular formula is C27H32N2O9. The van der Waals surface area contributed by atoms with Crippen LogP contribution in [0.15, 0.2) is 23.8 Å². The zero-order valence-electron chi connectivity index (χ0n) is 21.2. The van der Waals surface area contributed by atoms with E-state index in [0.717, 1.165) is 6.54 Å². The van der Waals surface area contributed by atoms with E-state index in [0.29, 0.717) is 17.5 Å². The molecule has 0 bridgehead atoms. The number of hydrogen-bond acceptors (Lipinski definition) is 10. The number of rotatable bonds is 7. The van der Waals surface area contributed by atoms with Crippen LogP contribution in [0, 0.1) is 17.8 Å². The van der Waals surface area contributed by atoms with Crippen molar-refractivity contribution in [1.82, 2.24) is 4.90 Å². The number of nitrogens with zero attached hydrogens (tertiary/aromatic N) is 1. The summed E-state index contributed by atoms with van der Waals surface area (Å²) in [6.07, 6.45) is 1.97. The maximum absolute atomic E-state index is 13.5. The molecule has 204 valence electrons. The number of benzene rings is 1. The first-order valence-corrected chi connectivity index (χ1v) is 12.4. The maximum Gasteiger partial charge on any atom is 0.330 e. The lowest BCUT2D eigenvalue weighted by Crippen LogP contribution is -2.66. The number of aliphatic hydroxyl groups is 3. The molecule has 2 saturated carbocycles. The second-order valence-electron chi connectivity index (χ2n) is 10.4.